The van der Waals surface area contributed by atoms with Crippen LogP contribution in [-0.2, 0) is 0 Å². The van der Waals surface area contributed by atoms with Crippen LogP contribution in [0, 0.1) is 18.8 Å². The quantitative estimate of drug-likeness (QED) is 0.868. The molecule has 1 aromatic heterocycles. The summed E-state index contributed by atoms with van der Waals surface area (Å²) in [5.41, 5.74) is 3.66. The summed E-state index contributed by atoms with van der Waals surface area (Å²) in [5.74, 6) is 2.03. The normalized spacial score (nSPS) is 24.0. The first-order chi connectivity index (χ1) is 8.90. The lowest BCUT2D eigenvalue weighted by Gasteiger charge is -2.14. The van der Waals surface area contributed by atoms with E-state index in [1.807, 2.05) is 0 Å². The number of nitrogens with zero attached hydrogens (tertiary/aromatic N) is 1. The van der Waals surface area contributed by atoms with Gasteiger partial charge < -0.3 is 5.11 Å². The molecule has 1 fully saturated rings. The number of pyridine rings is 1. The maximum absolute atomic E-state index is 10.2. The molecule has 0 spiro atoms. The molecule has 106 valence electrons. The molecule has 3 unspecified atom stereocenters. The first kappa shape index (κ1) is 14.5. The standard InChI is InChI=1S/C17H27NO/c1-10(2)8-17(19)15-9-14(15)13-6-7-16(11(3)4)18-12(13)5/h6-7,10-11,14-15,17,19H,8-9H2,1-5H3. The smallest absolute Gasteiger partial charge is 0.0576 e. The number of aliphatic hydroxyl groups excluding tert-OH is 1. The molecule has 2 rings (SSSR count). The van der Waals surface area contributed by atoms with Gasteiger partial charge in [-0.1, -0.05) is 33.8 Å². The van der Waals surface area contributed by atoms with Crippen molar-refractivity contribution < 1.29 is 5.11 Å². The number of aryl methyl sites for hydroxylation is 1. The minimum absolute atomic E-state index is 0.144. The van der Waals surface area contributed by atoms with Crippen LogP contribution in [0.5, 0.6) is 0 Å². The summed E-state index contributed by atoms with van der Waals surface area (Å²) >= 11 is 0. The topological polar surface area (TPSA) is 33.1 Å². The maximum Gasteiger partial charge on any atom is 0.0576 e. The second-order valence-electron chi connectivity index (χ2n) is 6.77. The molecule has 0 aromatic carbocycles. The molecule has 3 atom stereocenters. The van der Waals surface area contributed by atoms with Gasteiger partial charge in [-0.25, -0.2) is 0 Å². The van der Waals surface area contributed by atoms with E-state index in [9.17, 15) is 5.11 Å². The molecule has 0 radical (unpaired) electrons. The molecule has 1 N–H and O–H groups in total. The van der Waals surface area contributed by atoms with Gasteiger partial charge in [-0.3, -0.25) is 4.98 Å². The summed E-state index contributed by atoms with van der Waals surface area (Å²) in [6.45, 7) is 10.8. The Morgan fingerprint density at radius 2 is 1.95 bits per heavy atom. The summed E-state index contributed by atoms with van der Waals surface area (Å²) in [4.78, 5) is 4.71. The molecular formula is C17H27NO. The van der Waals surface area contributed by atoms with Gasteiger partial charge in [0.25, 0.3) is 0 Å². The van der Waals surface area contributed by atoms with Crippen molar-refractivity contribution in [1.82, 2.24) is 4.98 Å². The summed E-state index contributed by atoms with van der Waals surface area (Å²) in [7, 11) is 0. The average Bonchev–Trinajstić information content (AvgIpc) is 3.07. The number of hydrogen-bond donors (Lipinski definition) is 1. The van der Waals surface area contributed by atoms with E-state index in [1.54, 1.807) is 0 Å². The van der Waals surface area contributed by atoms with E-state index in [0.29, 0.717) is 23.7 Å². The van der Waals surface area contributed by atoms with Gasteiger partial charge in [-0.15, -0.1) is 0 Å². The molecule has 1 aliphatic carbocycles. The molecule has 0 amide bonds. The van der Waals surface area contributed by atoms with Gasteiger partial charge >= 0.3 is 0 Å². The third kappa shape index (κ3) is 3.36. The number of aromatic nitrogens is 1. The molecule has 19 heavy (non-hydrogen) atoms. The lowest BCUT2D eigenvalue weighted by Crippen LogP contribution is -2.13. The second kappa shape index (κ2) is 5.62. The Hall–Kier alpha value is -0.890. The van der Waals surface area contributed by atoms with Gasteiger partial charge in [0.15, 0.2) is 0 Å². The van der Waals surface area contributed by atoms with Gasteiger partial charge in [0.2, 0.25) is 0 Å². The summed E-state index contributed by atoms with van der Waals surface area (Å²) in [6, 6.07) is 4.38. The SMILES string of the molecule is Cc1nc(C(C)C)ccc1C1CC1C(O)CC(C)C. The van der Waals surface area contributed by atoms with Crippen LogP contribution in [0.15, 0.2) is 12.1 Å². The third-order valence-electron chi connectivity index (χ3n) is 4.19. The molecule has 0 aliphatic heterocycles. The highest BCUT2D eigenvalue weighted by atomic mass is 16.3. The van der Waals surface area contributed by atoms with E-state index in [1.165, 1.54) is 11.3 Å². The monoisotopic (exact) mass is 261 g/mol. The molecule has 1 heterocycles. The highest BCUT2D eigenvalue weighted by Crippen LogP contribution is 2.51. The fourth-order valence-electron chi connectivity index (χ4n) is 2.96. The Morgan fingerprint density at radius 1 is 1.26 bits per heavy atom. The Bertz CT molecular complexity index is 439. The van der Waals surface area contributed by atoms with Crippen LogP contribution in [0.2, 0.25) is 0 Å². The van der Waals surface area contributed by atoms with Crippen LogP contribution >= 0.6 is 0 Å². The molecule has 1 aliphatic rings. The van der Waals surface area contributed by atoms with Crippen molar-refractivity contribution in [3.8, 4) is 0 Å². The fraction of sp³-hybridized carbons (Fsp3) is 0.706. The third-order valence-corrected chi connectivity index (χ3v) is 4.19. The number of rotatable bonds is 5. The van der Waals surface area contributed by atoms with Gasteiger partial charge in [-0.2, -0.15) is 0 Å². The fourth-order valence-corrected chi connectivity index (χ4v) is 2.96. The van der Waals surface area contributed by atoms with Crippen LogP contribution in [-0.4, -0.2) is 16.2 Å². The van der Waals surface area contributed by atoms with E-state index < -0.39 is 0 Å². The highest BCUT2D eigenvalue weighted by molar-refractivity contribution is 5.32. The molecular weight excluding hydrogens is 234 g/mol. The lowest BCUT2D eigenvalue weighted by molar-refractivity contribution is 0.124. The minimum Gasteiger partial charge on any atom is -0.393 e. The van der Waals surface area contributed by atoms with Gasteiger partial charge in [-0.05, 0) is 55.1 Å². The van der Waals surface area contributed by atoms with Crippen molar-refractivity contribution in [3.05, 3.63) is 29.1 Å². The predicted octanol–water partition coefficient (Wildman–Crippen LogP) is 4.02. The van der Waals surface area contributed by atoms with E-state index in [-0.39, 0.29) is 6.10 Å². The number of aliphatic hydroxyl groups is 1. The summed E-state index contributed by atoms with van der Waals surface area (Å²) in [6.07, 6.45) is 1.89. The highest BCUT2D eigenvalue weighted by Gasteiger charge is 2.44. The second-order valence-corrected chi connectivity index (χ2v) is 6.77. The molecule has 1 saturated carbocycles. The average molecular weight is 261 g/mol. The molecule has 2 heteroatoms. The Balaban J connectivity index is 2.05. The van der Waals surface area contributed by atoms with E-state index >= 15 is 0 Å². The van der Waals surface area contributed by atoms with Crippen molar-refractivity contribution in [2.75, 3.05) is 0 Å². The zero-order valence-corrected chi connectivity index (χ0v) is 12.9. The number of hydrogen-bond acceptors (Lipinski definition) is 2. The first-order valence-corrected chi connectivity index (χ1v) is 7.55. The van der Waals surface area contributed by atoms with Crippen LogP contribution in [0.1, 0.15) is 69.3 Å². The van der Waals surface area contributed by atoms with Crippen molar-refractivity contribution >= 4 is 0 Å². The maximum atomic E-state index is 10.2. The Morgan fingerprint density at radius 3 is 2.47 bits per heavy atom. The van der Waals surface area contributed by atoms with Gasteiger partial charge in [0, 0.05) is 11.4 Å². The molecule has 1 aromatic rings. The van der Waals surface area contributed by atoms with E-state index in [2.05, 4.69) is 46.8 Å². The van der Waals surface area contributed by atoms with Crippen LogP contribution < -0.4 is 0 Å². The van der Waals surface area contributed by atoms with Gasteiger partial charge in [0.1, 0.15) is 0 Å². The van der Waals surface area contributed by atoms with E-state index in [0.717, 1.165) is 18.5 Å². The predicted molar refractivity (Wildman–Crippen MR) is 79.4 cm³/mol. The minimum atomic E-state index is -0.144. The molecule has 0 saturated heterocycles. The molecule has 0 bridgehead atoms. The van der Waals surface area contributed by atoms with Crippen LogP contribution in [0.25, 0.3) is 0 Å². The summed E-state index contributed by atoms with van der Waals surface area (Å²) in [5, 5.41) is 10.2. The van der Waals surface area contributed by atoms with Crippen molar-refractivity contribution in [2.45, 2.75) is 65.4 Å². The van der Waals surface area contributed by atoms with Crippen LogP contribution in [0.3, 0.4) is 0 Å². The molecule has 2 nitrogen and oxygen atoms in total. The summed E-state index contributed by atoms with van der Waals surface area (Å²) < 4.78 is 0. The zero-order chi connectivity index (χ0) is 14.2. The largest absolute Gasteiger partial charge is 0.393 e. The van der Waals surface area contributed by atoms with Crippen molar-refractivity contribution in [3.63, 3.8) is 0 Å². The first-order valence-electron chi connectivity index (χ1n) is 7.55. The Kier molecular flexibility index (Phi) is 4.29. The van der Waals surface area contributed by atoms with Crippen molar-refractivity contribution in [2.24, 2.45) is 11.8 Å². The van der Waals surface area contributed by atoms with E-state index in [4.69, 9.17) is 4.98 Å². The Labute approximate surface area is 117 Å². The van der Waals surface area contributed by atoms with Crippen molar-refractivity contribution in [1.29, 1.82) is 0 Å². The van der Waals surface area contributed by atoms with Crippen LogP contribution in [0.4, 0.5) is 0 Å². The zero-order valence-electron chi connectivity index (χ0n) is 12.9. The van der Waals surface area contributed by atoms with Gasteiger partial charge in [0.05, 0.1) is 6.10 Å². The lowest BCUT2D eigenvalue weighted by atomic mass is 9.98.